The summed E-state index contributed by atoms with van der Waals surface area (Å²) in [4.78, 5) is 25.3. The van der Waals surface area contributed by atoms with Crippen LogP contribution in [-0.4, -0.2) is 42.0 Å². The summed E-state index contributed by atoms with van der Waals surface area (Å²) in [5.74, 6) is 0.969. The predicted octanol–water partition coefficient (Wildman–Crippen LogP) is 4.30. The van der Waals surface area contributed by atoms with Gasteiger partial charge in [0.15, 0.2) is 5.82 Å². The van der Waals surface area contributed by atoms with Crippen molar-refractivity contribution in [2.45, 2.75) is 33.4 Å². The van der Waals surface area contributed by atoms with Gasteiger partial charge in [0.2, 0.25) is 5.88 Å². The minimum absolute atomic E-state index is 0.0380. The van der Waals surface area contributed by atoms with Gasteiger partial charge in [0.1, 0.15) is 11.4 Å². The number of hydrogen-bond donors (Lipinski definition) is 0. The van der Waals surface area contributed by atoms with Crippen molar-refractivity contribution in [2.24, 2.45) is 0 Å². The first-order chi connectivity index (χ1) is 13.4. The Morgan fingerprint density at radius 3 is 2.46 bits per heavy atom. The van der Waals surface area contributed by atoms with Crippen LogP contribution in [0.3, 0.4) is 0 Å². The van der Waals surface area contributed by atoms with Gasteiger partial charge in [-0.1, -0.05) is 29.8 Å². The molecular formula is C21H25N3O3S. The first-order valence-electron chi connectivity index (χ1n) is 9.04. The van der Waals surface area contributed by atoms with Crippen molar-refractivity contribution in [1.82, 2.24) is 14.9 Å². The van der Waals surface area contributed by atoms with E-state index in [-0.39, 0.29) is 18.6 Å². The summed E-state index contributed by atoms with van der Waals surface area (Å²) < 4.78 is 10.6. The number of ether oxygens (including phenoxy) is 2. The van der Waals surface area contributed by atoms with Gasteiger partial charge in [-0.05, 0) is 31.9 Å². The van der Waals surface area contributed by atoms with Gasteiger partial charge in [-0.3, -0.25) is 4.79 Å². The highest BCUT2D eigenvalue weighted by Crippen LogP contribution is 2.36. The van der Waals surface area contributed by atoms with E-state index in [0.29, 0.717) is 16.6 Å². The number of amides is 1. The second kappa shape index (κ2) is 8.24. The monoisotopic (exact) mass is 399 g/mol. The fourth-order valence-corrected chi connectivity index (χ4v) is 4.27. The molecule has 28 heavy (non-hydrogen) atoms. The van der Waals surface area contributed by atoms with E-state index in [9.17, 15) is 4.79 Å². The number of aryl methyl sites for hydroxylation is 2. The van der Waals surface area contributed by atoms with Crippen LogP contribution < -0.4 is 4.74 Å². The summed E-state index contributed by atoms with van der Waals surface area (Å²) >= 11 is 1.37. The Hall–Kier alpha value is -2.51. The van der Waals surface area contributed by atoms with Crippen molar-refractivity contribution in [3.8, 4) is 5.88 Å². The quantitative estimate of drug-likeness (QED) is 0.618. The van der Waals surface area contributed by atoms with Crippen LogP contribution in [0.1, 0.15) is 45.2 Å². The number of thiophene rings is 1. The van der Waals surface area contributed by atoms with Gasteiger partial charge in [0.05, 0.1) is 23.4 Å². The van der Waals surface area contributed by atoms with Crippen molar-refractivity contribution < 1.29 is 14.3 Å². The minimum atomic E-state index is -0.0465. The molecule has 1 amide bonds. The summed E-state index contributed by atoms with van der Waals surface area (Å²) in [5.41, 5.74) is 3.14. The average Bonchev–Trinajstić information content (AvgIpc) is 3.03. The van der Waals surface area contributed by atoms with Gasteiger partial charge >= 0.3 is 0 Å². The molecule has 0 saturated carbocycles. The lowest BCUT2D eigenvalue weighted by Gasteiger charge is -2.25. The topological polar surface area (TPSA) is 64.6 Å². The molecule has 0 radical (unpaired) electrons. The first kappa shape index (κ1) is 20.2. The maximum absolute atomic E-state index is 13.2. The number of hydrogen-bond acceptors (Lipinski definition) is 6. The second-order valence-electron chi connectivity index (χ2n) is 6.82. The van der Waals surface area contributed by atoms with E-state index in [1.165, 1.54) is 16.9 Å². The van der Waals surface area contributed by atoms with Crippen LogP contribution in [0.2, 0.25) is 0 Å². The highest BCUT2D eigenvalue weighted by molar-refractivity contribution is 7.20. The molecule has 0 saturated heterocycles. The SMILES string of the molecule is COCc1nc(OC)c2c(C)c(C(=O)N(C)C(C)c3ccc(C)cc3)sc2n1. The number of nitrogens with zero attached hydrogens (tertiary/aromatic N) is 3. The second-order valence-corrected chi connectivity index (χ2v) is 7.82. The lowest BCUT2D eigenvalue weighted by Crippen LogP contribution is -2.29. The molecule has 0 aliphatic carbocycles. The number of benzene rings is 1. The number of methoxy groups -OCH3 is 2. The Bertz CT molecular complexity index is 998. The largest absolute Gasteiger partial charge is 0.480 e. The molecule has 0 aliphatic heterocycles. The fraction of sp³-hybridized carbons (Fsp3) is 0.381. The standard InChI is InChI=1S/C21H25N3O3S/c1-12-7-9-15(10-8-12)14(3)24(4)21(25)18-13(2)17-19(27-6)22-16(11-26-5)23-20(17)28-18/h7-10,14H,11H2,1-6H3. The molecule has 148 valence electrons. The molecule has 1 aromatic carbocycles. The molecule has 1 unspecified atom stereocenters. The Balaban J connectivity index is 1.98. The zero-order chi connectivity index (χ0) is 20.4. The maximum atomic E-state index is 13.2. The smallest absolute Gasteiger partial charge is 0.264 e. The number of aromatic nitrogens is 2. The Labute approximate surface area is 169 Å². The van der Waals surface area contributed by atoms with Gasteiger partial charge in [-0.25, -0.2) is 4.98 Å². The van der Waals surface area contributed by atoms with Crippen molar-refractivity contribution in [2.75, 3.05) is 21.3 Å². The molecule has 0 bridgehead atoms. The normalized spacial score (nSPS) is 12.2. The van der Waals surface area contributed by atoms with E-state index in [1.807, 2.05) is 20.9 Å². The molecule has 2 aromatic heterocycles. The molecule has 0 N–H and O–H groups in total. The highest BCUT2D eigenvalue weighted by atomic mass is 32.1. The summed E-state index contributed by atoms with van der Waals surface area (Å²) in [5, 5.41) is 0.784. The van der Waals surface area contributed by atoms with Crippen molar-refractivity contribution in [1.29, 1.82) is 0 Å². The highest BCUT2D eigenvalue weighted by Gasteiger charge is 2.26. The summed E-state index contributed by atoms with van der Waals surface area (Å²) in [7, 11) is 4.99. The summed E-state index contributed by atoms with van der Waals surface area (Å²) in [6, 6.07) is 8.20. The Morgan fingerprint density at radius 2 is 1.86 bits per heavy atom. The molecular weight excluding hydrogens is 374 g/mol. The molecule has 3 aromatic rings. The van der Waals surface area contributed by atoms with Crippen LogP contribution in [0.15, 0.2) is 24.3 Å². The lowest BCUT2D eigenvalue weighted by molar-refractivity contribution is 0.0747. The van der Waals surface area contributed by atoms with Crippen molar-refractivity contribution in [3.63, 3.8) is 0 Å². The van der Waals surface area contributed by atoms with Crippen LogP contribution in [0.25, 0.3) is 10.2 Å². The third-order valence-electron chi connectivity index (χ3n) is 4.93. The molecule has 1 atom stereocenters. The molecule has 6 nitrogen and oxygen atoms in total. The van der Waals surface area contributed by atoms with Crippen LogP contribution in [-0.2, 0) is 11.3 Å². The molecule has 2 heterocycles. The average molecular weight is 400 g/mol. The van der Waals surface area contributed by atoms with Crippen molar-refractivity contribution in [3.05, 3.63) is 51.7 Å². The van der Waals surface area contributed by atoms with Crippen LogP contribution in [0.4, 0.5) is 0 Å². The molecule has 0 spiro atoms. The summed E-state index contributed by atoms with van der Waals surface area (Å²) in [6.07, 6.45) is 0. The lowest BCUT2D eigenvalue weighted by atomic mass is 10.1. The van der Waals surface area contributed by atoms with Gasteiger partial charge in [0, 0.05) is 14.2 Å². The fourth-order valence-electron chi connectivity index (χ4n) is 3.09. The van der Waals surface area contributed by atoms with Crippen LogP contribution in [0, 0.1) is 13.8 Å². The Kier molecular flexibility index (Phi) is 5.96. The van der Waals surface area contributed by atoms with E-state index >= 15 is 0 Å². The number of carbonyl (C=O) groups excluding carboxylic acids is 1. The van der Waals surface area contributed by atoms with E-state index in [4.69, 9.17) is 9.47 Å². The zero-order valence-electron chi connectivity index (χ0n) is 17.1. The van der Waals surface area contributed by atoms with E-state index in [0.717, 1.165) is 21.3 Å². The van der Waals surface area contributed by atoms with Gasteiger partial charge in [-0.2, -0.15) is 4.98 Å². The van der Waals surface area contributed by atoms with Gasteiger partial charge in [-0.15, -0.1) is 11.3 Å². The van der Waals surface area contributed by atoms with Crippen LogP contribution >= 0.6 is 11.3 Å². The van der Waals surface area contributed by atoms with E-state index < -0.39 is 0 Å². The minimum Gasteiger partial charge on any atom is -0.480 e. The molecule has 0 aliphatic rings. The molecule has 0 fully saturated rings. The van der Waals surface area contributed by atoms with E-state index in [1.54, 1.807) is 19.1 Å². The third-order valence-corrected chi connectivity index (χ3v) is 6.10. The number of carbonyl (C=O) groups is 1. The van der Waals surface area contributed by atoms with Gasteiger partial charge in [0.25, 0.3) is 5.91 Å². The summed E-state index contributed by atoms with van der Waals surface area (Å²) in [6.45, 7) is 6.29. The predicted molar refractivity (Wildman–Crippen MR) is 111 cm³/mol. The number of rotatable bonds is 6. The molecule has 3 rings (SSSR count). The van der Waals surface area contributed by atoms with Crippen LogP contribution in [0.5, 0.6) is 5.88 Å². The zero-order valence-corrected chi connectivity index (χ0v) is 17.9. The third kappa shape index (κ3) is 3.72. The first-order valence-corrected chi connectivity index (χ1v) is 9.85. The van der Waals surface area contributed by atoms with Crippen molar-refractivity contribution >= 4 is 27.5 Å². The number of fused-ring (bicyclic) bond motifs is 1. The maximum Gasteiger partial charge on any atom is 0.264 e. The Morgan fingerprint density at radius 1 is 1.18 bits per heavy atom. The van der Waals surface area contributed by atoms with E-state index in [2.05, 4.69) is 41.2 Å². The molecule has 7 heteroatoms. The van der Waals surface area contributed by atoms with Gasteiger partial charge < -0.3 is 14.4 Å².